The highest BCUT2D eigenvalue weighted by Gasteiger charge is 2.33. The molecule has 1 N–H and O–H groups in total. The van der Waals surface area contributed by atoms with E-state index in [1.807, 2.05) is 61.5 Å². The van der Waals surface area contributed by atoms with E-state index in [0.717, 1.165) is 27.3 Å². The number of nitrogens with zero attached hydrogens (tertiary/aromatic N) is 2. The molecule has 0 aliphatic heterocycles. The van der Waals surface area contributed by atoms with Crippen molar-refractivity contribution in [2.45, 2.75) is 25.9 Å². The molecule has 1 unspecified atom stereocenters. The van der Waals surface area contributed by atoms with Crippen molar-refractivity contribution in [3.8, 4) is 0 Å². The molecule has 0 bridgehead atoms. The molecule has 0 heterocycles. The van der Waals surface area contributed by atoms with E-state index in [1.165, 1.54) is 30.1 Å². The van der Waals surface area contributed by atoms with Gasteiger partial charge in [-0.25, -0.2) is 8.42 Å². The summed E-state index contributed by atoms with van der Waals surface area (Å²) >= 11 is 12.3. The lowest BCUT2D eigenvalue weighted by molar-refractivity contribution is -0.139. The van der Waals surface area contributed by atoms with Crippen LogP contribution in [0.15, 0.2) is 72.8 Å². The van der Waals surface area contributed by atoms with Crippen LogP contribution in [0.5, 0.6) is 0 Å². The summed E-state index contributed by atoms with van der Waals surface area (Å²) in [6.07, 6.45) is 1.25. The molecule has 0 saturated carbocycles. The number of nitrogens with one attached hydrogen (secondary N) is 1. The molecule has 0 saturated heterocycles. The smallest absolute Gasteiger partial charge is 0.244 e. The van der Waals surface area contributed by atoms with Crippen LogP contribution in [0.1, 0.15) is 16.7 Å². The first kappa shape index (κ1) is 28.5. The fourth-order valence-corrected chi connectivity index (χ4v) is 5.39. The molecule has 2 amide bonds. The number of amides is 2. The Labute approximate surface area is 228 Å². The van der Waals surface area contributed by atoms with Gasteiger partial charge in [0.15, 0.2) is 0 Å². The number of hydrogen-bond acceptors (Lipinski definition) is 4. The highest BCUT2D eigenvalue weighted by Crippen LogP contribution is 2.30. The summed E-state index contributed by atoms with van der Waals surface area (Å²) in [5.41, 5.74) is 2.77. The van der Waals surface area contributed by atoms with E-state index in [-0.39, 0.29) is 29.6 Å². The van der Waals surface area contributed by atoms with Crippen LogP contribution in [0.3, 0.4) is 0 Å². The van der Waals surface area contributed by atoms with E-state index >= 15 is 0 Å². The Morgan fingerprint density at radius 2 is 1.62 bits per heavy atom. The van der Waals surface area contributed by atoms with Crippen molar-refractivity contribution in [1.29, 1.82) is 0 Å². The zero-order chi connectivity index (χ0) is 27.2. The molecule has 0 aromatic heterocycles. The second-order valence-corrected chi connectivity index (χ2v) is 11.4. The molecule has 10 heteroatoms. The zero-order valence-electron chi connectivity index (χ0n) is 20.8. The van der Waals surface area contributed by atoms with Crippen LogP contribution in [0.25, 0.3) is 0 Å². The molecule has 0 aliphatic carbocycles. The molecule has 0 fully saturated rings. The molecule has 0 spiro atoms. The lowest BCUT2D eigenvalue weighted by Gasteiger charge is -2.33. The van der Waals surface area contributed by atoms with Gasteiger partial charge in [-0.1, -0.05) is 77.8 Å². The first-order valence-corrected chi connectivity index (χ1v) is 14.1. The molecule has 0 aliphatic rings. The van der Waals surface area contributed by atoms with Crippen LogP contribution in [-0.4, -0.2) is 51.0 Å². The molecule has 1 atom stereocenters. The normalized spacial score (nSPS) is 12.0. The Morgan fingerprint density at radius 1 is 0.973 bits per heavy atom. The van der Waals surface area contributed by atoms with Crippen molar-refractivity contribution in [2.24, 2.45) is 0 Å². The minimum absolute atomic E-state index is 0.0864. The van der Waals surface area contributed by atoms with Crippen LogP contribution >= 0.6 is 23.2 Å². The maximum absolute atomic E-state index is 13.9. The summed E-state index contributed by atoms with van der Waals surface area (Å²) in [5.74, 6) is -0.912. The third-order valence-electron chi connectivity index (χ3n) is 5.98. The zero-order valence-corrected chi connectivity index (χ0v) is 23.1. The average molecular weight is 563 g/mol. The van der Waals surface area contributed by atoms with Gasteiger partial charge in [0.05, 0.1) is 17.0 Å². The fourth-order valence-electron chi connectivity index (χ4n) is 3.97. The van der Waals surface area contributed by atoms with Crippen molar-refractivity contribution in [3.05, 3.63) is 99.5 Å². The summed E-state index contributed by atoms with van der Waals surface area (Å²) in [6, 6.07) is 20.4. The van der Waals surface area contributed by atoms with E-state index in [9.17, 15) is 18.0 Å². The quantitative estimate of drug-likeness (QED) is 0.396. The van der Waals surface area contributed by atoms with Gasteiger partial charge in [0.25, 0.3) is 0 Å². The van der Waals surface area contributed by atoms with E-state index < -0.39 is 28.5 Å². The Morgan fingerprint density at radius 3 is 2.22 bits per heavy atom. The topological polar surface area (TPSA) is 86.8 Å². The van der Waals surface area contributed by atoms with Gasteiger partial charge in [0.2, 0.25) is 21.8 Å². The van der Waals surface area contributed by atoms with Gasteiger partial charge in [0.1, 0.15) is 12.6 Å². The van der Waals surface area contributed by atoms with Crippen LogP contribution < -0.4 is 9.62 Å². The summed E-state index contributed by atoms with van der Waals surface area (Å²) in [7, 11) is -2.41. The van der Waals surface area contributed by atoms with Gasteiger partial charge >= 0.3 is 0 Å². The van der Waals surface area contributed by atoms with Crippen LogP contribution in [-0.2, 0) is 32.6 Å². The number of halogens is 2. The monoisotopic (exact) mass is 561 g/mol. The van der Waals surface area contributed by atoms with Crippen molar-refractivity contribution in [1.82, 2.24) is 10.2 Å². The average Bonchev–Trinajstić information content (AvgIpc) is 2.85. The number of hydrogen-bond donors (Lipinski definition) is 1. The van der Waals surface area contributed by atoms with Gasteiger partial charge in [0, 0.05) is 25.0 Å². The molecule has 37 heavy (non-hydrogen) atoms. The Hall–Kier alpha value is -3.07. The van der Waals surface area contributed by atoms with Gasteiger partial charge < -0.3 is 10.2 Å². The standard InChI is InChI=1S/C27H29Cl2N3O4S/c1-19-9-7-8-12-21(19)17-31(25(27(34)30-2)15-20-10-5-4-6-11-20)26(33)18-32(37(3,35)36)24-14-13-22(28)16-23(24)29/h4-14,16,25H,15,17-18H2,1-3H3,(H,30,34). The number of aryl methyl sites for hydroxylation is 1. The van der Waals surface area contributed by atoms with Crippen molar-refractivity contribution in [2.75, 3.05) is 24.2 Å². The van der Waals surface area contributed by atoms with Gasteiger partial charge in [-0.3, -0.25) is 13.9 Å². The fraction of sp³-hybridized carbons (Fsp3) is 0.259. The first-order valence-electron chi connectivity index (χ1n) is 11.5. The Balaban J connectivity index is 2.06. The SMILES string of the molecule is CNC(=O)C(Cc1ccccc1)N(Cc1ccccc1C)C(=O)CN(c1ccc(Cl)cc1Cl)S(C)(=O)=O. The van der Waals surface area contributed by atoms with Crippen LogP contribution in [0.2, 0.25) is 10.0 Å². The van der Waals surface area contributed by atoms with Gasteiger partial charge in [-0.15, -0.1) is 0 Å². The molecule has 3 aromatic carbocycles. The molecule has 196 valence electrons. The van der Waals surface area contributed by atoms with E-state index in [4.69, 9.17) is 23.2 Å². The minimum Gasteiger partial charge on any atom is -0.357 e. The number of rotatable bonds is 10. The highest BCUT2D eigenvalue weighted by molar-refractivity contribution is 7.92. The van der Waals surface area contributed by atoms with Crippen LogP contribution in [0.4, 0.5) is 5.69 Å². The van der Waals surface area contributed by atoms with Crippen molar-refractivity contribution < 1.29 is 18.0 Å². The van der Waals surface area contributed by atoms with E-state index in [0.29, 0.717) is 5.02 Å². The Bertz CT molecular complexity index is 1370. The first-order chi connectivity index (χ1) is 17.5. The summed E-state index contributed by atoms with van der Waals surface area (Å²) in [6.45, 7) is 1.48. The molecular formula is C27H29Cl2N3O4S. The third-order valence-corrected chi connectivity index (χ3v) is 7.64. The minimum atomic E-state index is -3.92. The predicted octanol–water partition coefficient (Wildman–Crippen LogP) is 4.45. The number of sulfonamides is 1. The largest absolute Gasteiger partial charge is 0.357 e. The second kappa shape index (κ2) is 12.4. The van der Waals surface area contributed by atoms with Gasteiger partial charge in [-0.05, 0) is 41.8 Å². The predicted molar refractivity (Wildman–Crippen MR) is 148 cm³/mol. The molecular weight excluding hydrogens is 533 g/mol. The van der Waals surface area contributed by atoms with Gasteiger partial charge in [-0.2, -0.15) is 0 Å². The van der Waals surface area contributed by atoms with Crippen molar-refractivity contribution >= 4 is 50.7 Å². The molecule has 3 rings (SSSR count). The maximum atomic E-state index is 13.9. The third kappa shape index (κ3) is 7.47. The second-order valence-electron chi connectivity index (χ2n) is 8.63. The molecule has 0 radical (unpaired) electrons. The van der Waals surface area contributed by atoms with Crippen molar-refractivity contribution in [3.63, 3.8) is 0 Å². The molecule has 3 aromatic rings. The van der Waals surface area contributed by atoms with Crippen LogP contribution in [0, 0.1) is 6.92 Å². The van der Waals surface area contributed by atoms with E-state index in [2.05, 4.69) is 5.32 Å². The van der Waals surface area contributed by atoms with E-state index in [1.54, 1.807) is 0 Å². The number of carbonyl (C=O) groups excluding carboxylic acids is 2. The lowest BCUT2D eigenvalue weighted by atomic mass is 10.0. The Kier molecular flexibility index (Phi) is 9.59. The summed E-state index contributed by atoms with van der Waals surface area (Å²) < 4.78 is 26.5. The lowest BCUT2D eigenvalue weighted by Crippen LogP contribution is -2.53. The molecule has 7 nitrogen and oxygen atoms in total. The number of anilines is 1. The number of benzene rings is 3. The number of likely N-dealkylation sites (N-methyl/N-ethyl adjacent to an activating group) is 1. The number of carbonyl (C=O) groups is 2. The summed E-state index contributed by atoms with van der Waals surface area (Å²) in [5, 5.41) is 3.07. The highest BCUT2D eigenvalue weighted by atomic mass is 35.5. The maximum Gasteiger partial charge on any atom is 0.244 e. The summed E-state index contributed by atoms with van der Waals surface area (Å²) in [4.78, 5) is 28.4.